The van der Waals surface area contributed by atoms with E-state index < -0.39 is 0 Å². The maximum absolute atomic E-state index is 4.46. The summed E-state index contributed by atoms with van der Waals surface area (Å²) in [5, 5.41) is 3.08. The highest BCUT2D eigenvalue weighted by Gasteiger charge is 2.02. The molecule has 0 aliphatic carbocycles. The monoisotopic (exact) mass is 198 g/mol. The van der Waals surface area contributed by atoms with Crippen molar-refractivity contribution in [2.45, 2.75) is 6.92 Å². The second-order valence-electron chi connectivity index (χ2n) is 3.51. The van der Waals surface area contributed by atoms with E-state index >= 15 is 0 Å². The fraction of sp³-hybridized carbons (Fsp3) is 0.154. The van der Waals surface area contributed by atoms with E-state index in [1.165, 1.54) is 5.56 Å². The number of rotatable bonds is 2. The predicted octanol–water partition coefficient (Wildman–Crippen LogP) is 3.10. The predicted molar refractivity (Wildman–Crippen MR) is 64.0 cm³/mol. The van der Waals surface area contributed by atoms with Crippen LogP contribution in [0, 0.1) is 6.92 Å². The normalized spacial score (nSPS) is 10.0. The fourth-order valence-electron chi connectivity index (χ4n) is 1.61. The van der Waals surface area contributed by atoms with Crippen LogP contribution in [-0.2, 0) is 0 Å². The first-order valence-corrected chi connectivity index (χ1v) is 5.01. The third kappa shape index (κ3) is 1.99. The van der Waals surface area contributed by atoms with E-state index in [9.17, 15) is 0 Å². The second-order valence-corrected chi connectivity index (χ2v) is 3.51. The molecule has 0 unspecified atom stereocenters. The quantitative estimate of drug-likeness (QED) is 0.802. The van der Waals surface area contributed by atoms with E-state index in [0.717, 1.165) is 16.9 Å². The highest BCUT2D eigenvalue weighted by atomic mass is 14.8. The van der Waals surface area contributed by atoms with Crippen molar-refractivity contribution < 1.29 is 0 Å². The Kier molecular flexibility index (Phi) is 2.68. The molecule has 2 rings (SSSR count). The first kappa shape index (κ1) is 9.71. The zero-order chi connectivity index (χ0) is 10.7. The summed E-state index contributed by atoms with van der Waals surface area (Å²) in [7, 11) is 1.90. The van der Waals surface area contributed by atoms with Gasteiger partial charge in [0.05, 0.1) is 17.6 Å². The SMILES string of the molecule is CNc1cnc(-c2ccccc2)c(C)c1. The van der Waals surface area contributed by atoms with Crippen LogP contribution in [0.5, 0.6) is 0 Å². The summed E-state index contributed by atoms with van der Waals surface area (Å²) in [6.07, 6.45) is 1.86. The Balaban J connectivity index is 2.46. The van der Waals surface area contributed by atoms with Crippen LogP contribution in [0.3, 0.4) is 0 Å². The lowest BCUT2D eigenvalue weighted by Crippen LogP contribution is -1.93. The van der Waals surface area contributed by atoms with E-state index in [1.807, 2.05) is 31.4 Å². The largest absolute Gasteiger partial charge is 0.387 e. The number of aryl methyl sites for hydroxylation is 1. The molecular weight excluding hydrogens is 184 g/mol. The van der Waals surface area contributed by atoms with Gasteiger partial charge < -0.3 is 5.32 Å². The Hall–Kier alpha value is -1.83. The number of hydrogen-bond acceptors (Lipinski definition) is 2. The molecule has 0 aliphatic heterocycles. The van der Waals surface area contributed by atoms with Gasteiger partial charge in [-0.25, -0.2) is 0 Å². The number of nitrogens with zero attached hydrogens (tertiary/aromatic N) is 1. The smallest absolute Gasteiger partial charge is 0.0732 e. The Labute approximate surface area is 90.0 Å². The minimum atomic E-state index is 1.05. The van der Waals surface area contributed by atoms with Gasteiger partial charge in [0.2, 0.25) is 0 Å². The van der Waals surface area contributed by atoms with Gasteiger partial charge in [0, 0.05) is 12.6 Å². The van der Waals surface area contributed by atoms with Crippen LogP contribution in [0.1, 0.15) is 5.56 Å². The number of hydrogen-bond donors (Lipinski definition) is 1. The summed E-state index contributed by atoms with van der Waals surface area (Å²) in [6.45, 7) is 2.08. The molecule has 1 heterocycles. The molecule has 0 amide bonds. The molecule has 76 valence electrons. The topological polar surface area (TPSA) is 24.9 Å². The first-order chi connectivity index (χ1) is 7.31. The van der Waals surface area contributed by atoms with E-state index in [4.69, 9.17) is 0 Å². The third-order valence-corrected chi connectivity index (χ3v) is 2.41. The van der Waals surface area contributed by atoms with Gasteiger partial charge in [-0.3, -0.25) is 4.98 Å². The Morgan fingerprint density at radius 1 is 1.13 bits per heavy atom. The zero-order valence-electron chi connectivity index (χ0n) is 8.99. The van der Waals surface area contributed by atoms with Crippen molar-refractivity contribution in [1.29, 1.82) is 0 Å². The molecule has 0 radical (unpaired) electrons. The van der Waals surface area contributed by atoms with Crippen LogP contribution >= 0.6 is 0 Å². The van der Waals surface area contributed by atoms with Crippen molar-refractivity contribution in [3.05, 3.63) is 48.2 Å². The van der Waals surface area contributed by atoms with Gasteiger partial charge in [-0.05, 0) is 18.6 Å². The highest BCUT2D eigenvalue weighted by molar-refractivity contribution is 5.65. The van der Waals surface area contributed by atoms with Crippen LogP contribution in [0.4, 0.5) is 5.69 Å². The fourth-order valence-corrected chi connectivity index (χ4v) is 1.61. The van der Waals surface area contributed by atoms with E-state index in [-0.39, 0.29) is 0 Å². The lowest BCUT2D eigenvalue weighted by atomic mass is 10.1. The van der Waals surface area contributed by atoms with Crippen LogP contribution < -0.4 is 5.32 Å². The zero-order valence-corrected chi connectivity index (χ0v) is 8.99. The van der Waals surface area contributed by atoms with Gasteiger partial charge >= 0.3 is 0 Å². The molecule has 1 N–H and O–H groups in total. The molecule has 15 heavy (non-hydrogen) atoms. The van der Waals surface area contributed by atoms with Crippen molar-refractivity contribution in [3.63, 3.8) is 0 Å². The van der Waals surface area contributed by atoms with Gasteiger partial charge in [0.15, 0.2) is 0 Å². The average molecular weight is 198 g/mol. The minimum Gasteiger partial charge on any atom is -0.387 e. The molecule has 0 saturated carbocycles. The number of pyridine rings is 1. The molecule has 2 aromatic rings. The average Bonchev–Trinajstić information content (AvgIpc) is 2.30. The highest BCUT2D eigenvalue weighted by Crippen LogP contribution is 2.22. The second kappa shape index (κ2) is 4.13. The maximum atomic E-state index is 4.46. The van der Waals surface area contributed by atoms with Gasteiger partial charge in [0.25, 0.3) is 0 Å². The summed E-state index contributed by atoms with van der Waals surface area (Å²) in [4.78, 5) is 4.46. The molecule has 0 spiro atoms. The van der Waals surface area contributed by atoms with Crippen LogP contribution in [-0.4, -0.2) is 12.0 Å². The van der Waals surface area contributed by atoms with Crippen molar-refractivity contribution in [1.82, 2.24) is 4.98 Å². The molecule has 0 fully saturated rings. The van der Waals surface area contributed by atoms with Crippen LogP contribution in [0.25, 0.3) is 11.3 Å². The van der Waals surface area contributed by atoms with E-state index in [1.54, 1.807) is 0 Å². The first-order valence-electron chi connectivity index (χ1n) is 5.01. The molecule has 1 aromatic heterocycles. The van der Waals surface area contributed by atoms with Gasteiger partial charge in [-0.2, -0.15) is 0 Å². The van der Waals surface area contributed by atoms with Crippen LogP contribution in [0.2, 0.25) is 0 Å². The number of benzene rings is 1. The lowest BCUT2D eigenvalue weighted by molar-refractivity contribution is 1.26. The Morgan fingerprint density at radius 2 is 1.87 bits per heavy atom. The van der Waals surface area contributed by atoms with Crippen molar-refractivity contribution in [2.24, 2.45) is 0 Å². The van der Waals surface area contributed by atoms with Crippen molar-refractivity contribution >= 4 is 5.69 Å². The summed E-state index contributed by atoms with van der Waals surface area (Å²) in [6, 6.07) is 12.3. The number of anilines is 1. The molecule has 2 nitrogen and oxygen atoms in total. The van der Waals surface area contributed by atoms with Gasteiger partial charge in [-0.1, -0.05) is 30.3 Å². The summed E-state index contributed by atoms with van der Waals surface area (Å²) < 4.78 is 0. The molecule has 0 saturated heterocycles. The molecule has 0 bridgehead atoms. The standard InChI is InChI=1S/C13H14N2/c1-10-8-12(14-2)9-15-13(10)11-6-4-3-5-7-11/h3-9,14H,1-2H3. The minimum absolute atomic E-state index is 1.05. The van der Waals surface area contributed by atoms with Gasteiger partial charge in [0.1, 0.15) is 0 Å². The summed E-state index contributed by atoms with van der Waals surface area (Å²) in [5.74, 6) is 0. The van der Waals surface area contributed by atoms with Gasteiger partial charge in [-0.15, -0.1) is 0 Å². The third-order valence-electron chi connectivity index (χ3n) is 2.41. The van der Waals surface area contributed by atoms with Crippen molar-refractivity contribution in [2.75, 3.05) is 12.4 Å². The molecule has 0 aliphatic rings. The van der Waals surface area contributed by atoms with Crippen molar-refractivity contribution in [3.8, 4) is 11.3 Å². The molecule has 0 atom stereocenters. The van der Waals surface area contributed by atoms with E-state index in [0.29, 0.717) is 0 Å². The molecule has 2 heteroatoms. The molecule has 1 aromatic carbocycles. The summed E-state index contributed by atoms with van der Waals surface area (Å²) in [5.41, 5.74) is 4.45. The Morgan fingerprint density at radius 3 is 2.47 bits per heavy atom. The summed E-state index contributed by atoms with van der Waals surface area (Å²) >= 11 is 0. The van der Waals surface area contributed by atoms with Crippen LogP contribution in [0.15, 0.2) is 42.6 Å². The number of nitrogens with one attached hydrogen (secondary N) is 1. The number of aromatic nitrogens is 1. The molecular formula is C13H14N2. The Bertz CT molecular complexity index is 449. The van der Waals surface area contributed by atoms with E-state index in [2.05, 4.69) is 35.4 Å². The lowest BCUT2D eigenvalue weighted by Gasteiger charge is -2.07. The maximum Gasteiger partial charge on any atom is 0.0732 e.